The minimum atomic E-state index is 0.103. The van der Waals surface area contributed by atoms with E-state index in [-0.39, 0.29) is 5.60 Å². The van der Waals surface area contributed by atoms with Gasteiger partial charge in [0.1, 0.15) is 0 Å². The summed E-state index contributed by atoms with van der Waals surface area (Å²) in [5.74, 6) is 1.48. The molecule has 0 heterocycles. The van der Waals surface area contributed by atoms with Crippen LogP contribution in [0, 0.1) is 11.8 Å². The average molecular weight is 241 g/mol. The largest absolute Gasteiger partial charge is 0.370 e. The lowest BCUT2D eigenvalue weighted by atomic mass is 9.79. The molecule has 0 amide bonds. The van der Waals surface area contributed by atoms with Gasteiger partial charge in [0.25, 0.3) is 0 Å². The molecule has 1 rings (SSSR count). The van der Waals surface area contributed by atoms with Crippen molar-refractivity contribution in [3.05, 3.63) is 0 Å². The second-order valence-corrected chi connectivity index (χ2v) is 6.21. The Morgan fingerprint density at radius 1 is 1.24 bits per heavy atom. The van der Waals surface area contributed by atoms with E-state index in [2.05, 4.69) is 39.9 Å². The highest BCUT2D eigenvalue weighted by Crippen LogP contribution is 2.36. The van der Waals surface area contributed by atoms with Crippen LogP contribution in [0.5, 0.6) is 0 Å². The lowest BCUT2D eigenvalue weighted by molar-refractivity contribution is -0.124. The zero-order valence-corrected chi connectivity index (χ0v) is 12.4. The van der Waals surface area contributed by atoms with Gasteiger partial charge in [-0.3, -0.25) is 0 Å². The van der Waals surface area contributed by atoms with Crippen LogP contribution in [0.4, 0.5) is 0 Å². The van der Waals surface area contributed by atoms with Crippen LogP contribution in [0.15, 0.2) is 0 Å². The van der Waals surface area contributed by atoms with Gasteiger partial charge >= 0.3 is 0 Å². The first kappa shape index (κ1) is 15.0. The fraction of sp³-hybridized carbons (Fsp3) is 1.00. The van der Waals surface area contributed by atoms with Crippen LogP contribution in [0.2, 0.25) is 0 Å². The Morgan fingerprint density at radius 2 is 1.82 bits per heavy atom. The van der Waals surface area contributed by atoms with Crippen molar-refractivity contribution in [2.75, 3.05) is 13.1 Å². The fourth-order valence-corrected chi connectivity index (χ4v) is 2.51. The summed E-state index contributed by atoms with van der Waals surface area (Å²) in [6.07, 6.45) is 5.44. The molecule has 0 aromatic carbocycles. The van der Waals surface area contributed by atoms with Crippen LogP contribution in [0.25, 0.3) is 0 Å². The van der Waals surface area contributed by atoms with Gasteiger partial charge in [-0.1, -0.05) is 27.7 Å². The molecular weight excluding hydrogens is 210 g/mol. The highest BCUT2D eigenvalue weighted by Gasteiger charge is 2.36. The van der Waals surface area contributed by atoms with E-state index in [1.807, 2.05) is 0 Å². The van der Waals surface area contributed by atoms with Gasteiger partial charge in [-0.2, -0.15) is 0 Å². The van der Waals surface area contributed by atoms with Gasteiger partial charge in [-0.25, -0.2) is 0 Å². The summed E-state index contributed by atoms with van der Waals surface area (Å²) in [5, 5.41) is 3.49. The Balaban J connectivity index is 2.58. The van der Waals surface area contributed by atoms with Crippen molar-refractivity contribution in [2.24, 2.45) is 11.8 Å². The van der Waals surface area contributed by atoms with E-state index in [4.69, 9.17) is 4.74 Å². The summed E-state index contributed by atoms with van der Waals surface area (Å²) in [7, 11) is 0. The topological polar surface area (TPSA) is 21.3 Å². The maximum atomic E-state index is 6.43. The summed E-state index contributed by atoms with van der Waals surface area (Å²) < 4.78 is 6.43. The first-order valence-electron chi connectivity index (χ1n) is 7.37. The normalized spacial score (nSPS) is 31.8. The van der Waals surface area contributed by atoms with Gasteiger partial charge in [-0.15, -0.1) is 0 Å². The third kappa shape index (κ3) is 4.59. The van der Waals surface area contributed by atoms with Crippen molar-refractivity contribution >= 4 is 0 Å². The van der Waals surface area contributed by atoms with Crippen LogP contribution in [0.1, 0.15) is 60.3 Å². The van der Waals surface area contributed by atoms with Gasteiger partial charge in [0.2, 0.25) is 0 Å². The molecule has 1 N–H and O–H groups in total. The lowest BCUT2D eigenvalue weighted by Crippen LogP contribution is -2.48. The van der Waals surface area contributed by atoms with E-state index in [1.54, 1.807) is 0 Å². The van der Waals surface area contributed by atoms with Crippen molar-refractivity contribution in [3.63, 3.8) is 0 Å². The molecule has 1 atom stereocenters. The molecule has 0 aromatic rings. The molecular formula is C15H31NO. The number of hydrogen-bond donors (Lipinski definition) is 1. The number of likely N-dealkylation sites (N-methyl/N-ethyl adjacent to an activating group) is 1. The molecule has 1 fully saturated rings. The highest BCUT2D eigenvalue weighted by atomic mass is 16.5. The molecule has 0 aromatic heterocycles. The fourth-order valence-electron chi connectivity index (χ4n) is 2.51. The Bertz CT molecular complexity index is 201. The first-order valence-corrected chi connectivity index (χ1v) is 7.37. The van der Waals surface area contributed by atoms with Crippen molar-refractivity contribution in [1.82, 2.24) is 5.32 Å². The second-order valence-electron chi connectivity index (χ2n) is 6.21. The minimum absolute atomic E-state index is 0.103. The third-order valence-electron chi connectivity index (χ3n) is 4.26. The summed E-state index contributed by atoms with van der Waals surface area (Å²) in [5.41, 5.74) is 0.103. The molecule has 1 aliphatic rings. The van der Waals surface area contributed by atoms with Crippen LogP contribution < -0.4 is 5.32 Å². The van der Waals surface area contributed by atoms with E-state index in [0.29, 0.717) is 12.0 Å². The molecule has 17 heavy (non-hydrogen) atoms. The summed E-state index contributed by atoms with van der Waals surface area (Å²) in [6.45, 7) is 13.3. The molecule has 0 spiro atoms. The standard InChI is InChI=1S/C15H31NO/c1-6-16-11-15(17-14(5)12(2)3)9-7-13(4)8-10-15/h12-14,16H,6-11H2,1-5H3. The van der Waals surface area contributed by atoms with Crippen molar-refractivity contribution in [1.29, 1.82) is 0 Å². The van der Waals surface area contributed by atoms with Crippen molar-refractivity contribution < 1.29 is 4.74 Å². The molecule has 0 radical (unpaired) electrons. The zero-order valence-electron chi connectivity index (χ0n) is 12.4. The van der Waals surface area contributed by atoms with Crippen LogP contribution in [-0.2, 0) is 4.74 Å². The van der Waals surface area contributed by atoms with Gasteiger partial charge in [0.15, 0.2) is 0 Å². The molecule has 2 heteroatoms. The summed E-state index contributed by atoms with van der Waals surface area (Å²) in [6, 6.07) is 0. The van der Waals surface area contributed by atoms with Crippen LogP contribution >= 0.6 is 0 Å². The molecule has 102 valence electrons. The zero-order chi connectivity index (χ0) is 12.9. The highest BCUT2D eigenvalue weighted by molar-refractivity contribution is 4.89. The van der Waals surface area contributed by atoms with Crippen LogP contribution in [0.3, 0.4) is 0 Å². The number of rotatable bonds is 6. The maximum Gasteiger partial charge on any atom is 0.0810 e. The smallest absolute Gasteiger partial charge is 0.0810 e. The monoisotopic (exact) mass is 241 g/mol. The van der Waals surface area contributed by atoms with Crippen molar-refractivity contribution in [3.8, 4) is 0 Å². The van der Waals surface area contributed by atoms with Gasteiger partial charge < -0.3 is 10.1 Å². The molecule has 1 unspecified atom stereocenters. The molecule has 2 nitrogen and oxygen atoms in total. The van der Waals surface area contributed by atoms with Crippen LogP contribution in [-0.4, -0.2) is 24.8 Å². The molecule has 1 aliphatic carbocycles. The summed E-state index contributed by atoms with van der Waals surface area (Å²) in [4.78, 5) is 0. The molecule has 0 saturated heterocycles. The van der Waals surface area contributed by atoms with Crippen molar-refractivity contribution in [2.45, 2.75) is 72.0 Å². The number of ether oxygens (including phenoxy) is 1. The molecule has 0 aliphatic heterocycles. The molecule has 0 bridgehead atoms. The van der Waals surface area contributed by atoms with Gasteiger partial charge in [0.05, 0.1) is 11.7 Å². The Kier molecular flexibility index (Phi) is 5.94. The quantitative estimate of drug-likeness (QED) is 0.767. The summed E-state index contributed by atoms with van der Waals surface area (Å²) >= 11 is 0. The van der Waals surface area contributed by atoms with E-state index in [0.717, 1.165) is 19.0 Å². The van der Waals surface area contributed by atoms with E-state index in [1.165, 1.54) is 25.7 Å². The van der Waals surface area contributed by atoms with Gasteiger partial charge in [-0.05, 0) is 51.0 Å². The Labute approximate surface area is 108 Å². The first-order chi connectivity index (χ1) is 7.99. The van der Waals surface area contributed by atoms with Gasteiger partial charge in [0, 0.05) is 6.54 Å². The Morgan fingerprint density at radius 3 is 2.29 bits per heavy atom. The predicted molar refractivity (Wildman–Crippen MR) is 74.3 cm³/mol. The third-order valence-corrected chi connectivity index (χ3v) is 4.26. The van der Waals surface area contributed by atoms with E-state index >= 15 is 0 Å². The number of nitrogens with one attached hydrogen (secondary N) is 1. The maximum absolute atomic E-state index is 6.43. The minimum Gasteiger partial charge on any atom is -0.370 e. The Hall–Kier alpha value is -0.0800. The molecule has 1 saturated carbocycles. The average Bonchev–Trinajstić information content (AvgIpc) is 2.30. The predicted octanol–water partition coefficient (Wildman–Crippen LogP) is 3.61. The second kappa shape index (κ2) is 6.75. The lowest BCUT2D eigenvalue weighted by Gasteiger charge is -2.42. The number of hydrogen-bond acceptors (Lipinski definition) is 2. The van der Waals surface area contributed by atoms with E-state index < -0.39 is 0 Å². The SMILES string of the molecule is CCNCC1(OC(C)C(C)C)CCC(C)CC1. The van der Waals surface area contributed by atoms with E-state index in [9.17, 15) is 0 Å².